The summed E-state index contributed by atoms with van der Waals surface area (Å²) in [6, 6.07) is 1.69. The molecule has 0 aromatic heterocycles. The minimum atomic E-state index is -1.12. The average Bonchev–Trinajstić information content (AvgIpc) is 2.92. The number of carbonyl (C=O) groups excluding carboxylic acids is 1. The molecule has 21 heavy (non-hydrogen) atoms. The summed E-state index contributed by atoms with van der Waals surface area (Å²) < 4.78 is 4.98. The highest BCUT2D eigenvalue weighted by atomic mass is 16.5. The van der Waals surface area contributed by atoms with E-state index in [9.17, 15) is 14.7 Å². The van der Waals surface area contributed by atoms with E-state index >= 15 is 0 Å². The minimum Gasteiger partial charge on any atom is -0.479 e. The van der Waals surface area contributed by atoms with Gasteiger partial charge in [-0.15, -0.1) is 0 Å². The fourth-order valence-electron chi connectivity index (χ4n) is 2.76. The summed E-state index contributed by atoms with van der Waals surface area (Å²) in [5, 5.41) is 18.2. The first-order valence-electron chi connectivity index (χ1n) is 7.19. The first kappa shape index (κ1) is 17.2. The summed E-state index contributed by atoms with van der Waals surface area (Å²) in [7, 11) is 1.54. The van der Waals surface area contributed by atoms with Crippen molar-refractivity contribution in [1.29, 1.82) is 5.26 Å². The van der Waals surface area contributed by atoms with E-state index in [0.29, 0.717) is 39.0 Å². The van der Waals surface area contributed by atoms with E-state index in [1.54, 1.807) is 6.92 Å². The van der Waals surface area contributed by atoms with E-state index in [1.165, 1.54) is 16.9 Å². The van der Waals surface area contributed by atoms with Crippen LogP contribution in [0.1, 0.15) is 32.6 Å². The number of amides is 2. The highest BCUT2D eigenvalue weighted by Crippen LogP contribution is 2.33. The van der Waals surface area contributed by atoms with Crippen molar-refractivity contribution in [3.63, 3.8) is 0 Å². The van der Waals surface area contributed by atoms with Gasteiger partial charge in [0.25, 0.3) is 0 Å². The topological polar surface area (TPSA) is 93.9 Å². The highest BCUT2D eigenvalue weighted by molar-refractivity contribution is 5.87. The van der Waals surface area contributed by atoms with Crippen LogP contribution in [-0.4, -0.2) is 65.8 Å². The first-order chi connectivity index (χ1) is 10.0. The van der Waals surface area contributed by atoms with Crippen molar-refractivity contribution in [2.75, 3.05) is 33.4 Å². The van der Waals surface area contributed by atoms with Crippen LogP contribution in [0.2, 0.25) is 0 Å². The molecule has 118 valence electrons. The molecular formula is C14H23N3O4. The molecule has 1 aliphatic heterocycles. The lowest BCUT2D eigenvalue weighted by Crippen LogP contribution is -2.57. The summed E-state index contributed by atoms with van der Waals surface area (Å²) in [4.78, 5) is 27.2. The lowest BCUT2D eigenvalue weighted by atomic mass is 9.93. The van der Waals surface area contributed by atoms with Crippen LogP contribution >= 0.6 is 0 Å². The highest BCUT2D eigenvalue weighted by Gasteiger charge is 2.49. The number of likely N-dealkylation sites (tertiary alicyclic amines) is 1. The van der Waals surface area contributed by atoms with E-state index in [0.717, 1.165) is 0 Å². The Bertz CT molecular complexity index is 421. The summed E-state index contributed by atoms with van der Waals surface area (Å²) in [6.45, 7) is 3.22. The number of methoxy groups -OCH3 is 1. The van der Waals surface area contributed by atoms with Crippen LogP contribution < -0.4 is 0 Å². The van der Waals surface area contributed by atoms with Crippen LogP contribution in [0.5, 0.6) is 0 Å². The maximum absolute atomic E-state index is 12.7. The van der Waals surface area contributed by atoms with E-state index in [2.05, 4.69) is 0 Å². The fourth-order valence-corrected chi connectivity index (χ4v) is 2.76. The molecule has 0 bridgehead atoms. The van der Waals surface area contributed by atoms with Gasteiger partial charge in [0.2, 0.25) is 0 Å². The van der Waals surface area contributed by atoms with Crippen molar-refractivity contribution in [2.24, 2.45) is 0 Å². The number of urea groups is 1. The van der Waals surface area contributed by atoms with Crippen LogP contribution in [-0.2, 0) is 9.53 Å². The zero-order valence-electron chi connectivity index (χ0n) is 12.7. The van der Waals surface area contributed by atoms with Crippen LogP contribution in [0, 0.1) is 11.3 Å². The molecule has 1 N–H and O–H groups in total. The molecular weight excluding hydrogens is 274 g/mol. The number of carboxylic acids is 1. The largest absolute Gasteiger partial charge is 0.479 e. The monoisotopic (exact) mass is 297 g/mol. The number of nitrogens with zero attached hydrogens (tertiary/aromatic N) is 3. The zero-order valence-corrected chi connectivity index (χ0v) is 12.7. The molecule has 1 saturated heterocycles. The van der Waals surface area contributed by atoms with Gasteiger partial charge < -0.3 is 19.6 Å². The van der Waals surface area contributed by atoms with Crippen molar-refractivity contribution in [1.82, 2.24) is 9.80 Å². The third-order valence-corrected chi connectivity index (χ3v) is 4.03. The molecule has 1 heterocycles. The molecule has 2 amide bonds. The summed E-state index contributed by atoms with van der Waals surface area (Å²) in [5.41, 5.74) is -1.12. The molecule has 0 aliphatic carbocycles. The SMILES string of the molecule is CCC1(C(=O)O)CCCN1C(=O)N(CCC#N)CCOC. The van der Waals surface area contributed by atoms with E-state index in [1.807, 2.05) is 6.07 Å². The fraction of sp³-hybridized carbons (Fsp3) is 0.786. The van der Waals surface area contributed by atoms with Gasteiger partial charge in [0.1, 0.15) is 5.54 Å². The predicted molar refractivity (Wildman–Crippen MR) is 75.7 cm³/mol. The van der Waals surface area contributed by atoms with Gasteiger partial charge in [-0.05, 0) is 19.3 Å². The standard InChI is InChI=1S/C14H23N3O4/c1-3-14(12(18)19)6-4-9-17(14)13(20)16(8-5-7-15)10-11-21-2/h3-6,8-11H2,1-2H3,(H,18,19). The van der Waals surface area contributed by atoms with Crippen LogP contribution in [0.3, 0.4) is 0 Å². The molecule has 1 aliphatic rings. The quantitative estimate of drug-likeness (QED) is 0.764. The first-order valence-corrected chi connectivity index (χ1v) is 7.19. The minimum absolute atomic E-state index is 0.218. The van der Waals surface area contributed by atoms with Gasteiger partial charge in [-0.25, -0.2) is 9.59 Å². The third kappa shape index (κ3) is 3.64. The average molecular weight is 297 g/mol. The molecule has 7 heteroatoms. The van der Waals surface area contributed by atoms with Gasteiger partial charge in [-0.3, -0.25) is 0 Å². The molecule has 1 atom stereocenters. The number of rotatable bonds is 7. The maximum atomic E-state index is 12.7. The molecule has 7 nitrogen and oxygen atoms in total. The van der Waals surface area contributed by atoms with E-state index < -0.39 is 11.5 Å². The summed E-state index contributed by atoms with van der Waals surface area (Å²) in [5.74, 6) is -0.956. The van der Waals surface area contributed by atoms with Crippen molar-refractivity contribution >= 4 is 12.0 Å². The van der Waals surface area contributed by atoms with Gasteiger partial charge in [-0.2, -0.15) is 5.26 Å². The Morgan fingerprint density at radius 3 is 2.71 bits per heavy atom. The zero-order chi connectivity index (χ0) is 15.9. The van der Waals surface area contributed by atoms with Gasteiger partial charge in [-0.1, -0.05) is 6.92 Å². The van der Waals surface area contributed by atoms with Crippen molar-refractivity contribution in [2.45, 2.75) is 38.1 Å². The molecule has 1 fully saturated rings. The Morgan fingerprint density at radius 1 is 1.48 bits per heavy atom. The molecule has 0 saturated carbocycles. The van der Waals surface area contributed by atoms with Crippen LogP contribution in [0.4, 0.5) is 4.79 Å². The van der Waals surface area contributed by atoms with Gasteiger partial charge in [0, 0.05) is 26.7 Å². The maximum Gasteiger partial charge on any atom is 0.329 e. The van der Waals surface area contributed by atoms with Crippen LogP contribution in [0.25, 0.3) is 0 Å². The second kappa shape index (κ2) is 7.84. The number of hydrogen-bond acceptors (Lipinski definition) is 4. The molecule has 0 aromatic rings. The Labute approximate surface area is 125 Å². The van der Waals surface area contributed by atoms with Gasteiger partial charge in [0.05, 0.1) is 19.1 Å². The molecule has 0 radical (unpaired) electrons. The number of aliphatic carboxylic acids is 1. The second-order valence-corrected chi connectivity index (χ2v) is 5.12. The number of carboxylic acid groups (broad SMARTS) is 1. The smallest absolute Gasteiger partial charge is 0.329 e. The third-order valence-electron chi connectivity index (χ3n) is 4.03. The molecule has 1 rings (SSSR count). The number of nitriles is 1. The summed E-state index contributed by atoms with van der Waals surface area (Å²) in [6.07, 6.45) is 1.75. The van der Waals surface area contributed by atoms with Crippen LogP contribution in [0.15, 0.2) is 0 Å². The van der Waals surface area contributed by atoms with E-state index in [-0.39, 0.29) is 19.0 Å². The van der Waals surface area contributed by atoms with Crippen molar-refractivity contribution < 1.29 is 19.4 Å². The Hall–Kier alpha value is -1.81. The number of hydrogen-bond donors (Lipinski definition) is 1. The Kier molecular flexibility index (Phi) is 6.43. The number of ether oxygens (including phenoxy) is 1. The number of carbonyl (C=O) groups is 2. The summed E-state index contributed by atoms with van der Waals surface area (Å²) >= 11 is 0. The predicted octanol–water partition coefficient (Wildman–Crippen LogP) is 1.30. The van der Waals surface area contributed by atoms with Crippen molar-refractivity contribution in [3.05, 3.63) is 0 Å². The van der Waals surface area contributed by atoms with Gasteiger partial charge in [0.15, 0.2) is 0 Å². The lowest BCUT2D eigenvalue weighted by molar-refractivity contribution is -0.148. The molecule has 0 aromatic carbocycles. The van der Waals surface area contributed by atoms with Gasteiger partial charge >= 0.3 is 12.0 Å². The second-order valence-electron chi connectivity index (χ2n) is 5.12. The van der Waals surface area contributed by atoms with Crippen molar-refractivity contribution in [3.8, 4) is 6.07 Å². The van der Waals surface area contributed by atoms with E-state index in [4.69, 9.17) is 10.00 Å². The molecule has 1 unspecified atom stereocenters. The lowest BCUT2D eigenvalue weighted by Gasteiger charge is -2.37. The Morgan fingerprint density at radius 2 is 2.19 bits per heavy atom. The normalized spacial score (nSPS) is 21.1. The Balaban J connectivity index is 2.90. The molecule has 0 spiro atoms.